The minimum Gasteiger partial charge on any atom is -0.301 e. The highest BCUT2D eigenvalue weighted by molar-refractivity contribution is 5.98. The lowest BCUT2D eigenvalue weighted by atomic mass is 9.94. The van der Waals surface area contributed by atoms with Crippen LogP contribution in [0, 0.1) is 34.9 Å². The van der Waals surface area contributed by atoms with Crippen LogP contribution in [-0.4, -0.2) is 18.4 Å². The van der Waals surface area contributed by atoms with E-state index in [1.165, 1.54) is 6.07 Å². The number of carbonyl (C=O) groups excluding carboxylic acids is 1. The second-order valence-corrected chi connectivity index (χ2v) is 8.95. The Morgan fingerprint density at radius 1 is 1.14 bits per heavy atom. The number of ketones is 1. The van der Waals surface area contributed by atoms with Crippen molar-refractivity contribution in [3.8, 4) is 29.0 Å². The van der Waals surface area contributed by atoms with Gasteiger partial charge in [-0.2, -0.15) is 5.26 Å². The number of carbonyl (C=O) groups is 1. The van der Waals surface area contributed by atoms with Crippen LogP contribution in [0.3, 0.4) is 0 Å². The predicted octanol–water partition coefficient (Wildman–Crippen LogP) is 7.06. The van der Waals surface area contributed by atoms with Crippen LogP contribution in [0.2, 0.25) is 0 Å². The van der Waals surface area contributed by atoms with Gasteiger partial charge in [-0.15, -0.1) is 18.4 Å². The zero-order valence-corrected chi connectivity index (χ0v) is 21.3. The van der Waals surface area contributed by atoms with Gasteiger partial charge in [0.1, 0.15) is 5.82 Å². The Morgan fingerprint density at radius 2 is 1.86 bits per heavy atom. The standard InChI is InChI=1S/C31H37FN2O/c1-5-8-9-10-11-12-13-23(4)22-34-28(21-33)18-27-17-16-26(20-30(27)32)25-15-14-24(6-2)29(19-25)31(35)7-3/h5,14-17,19-20,23,28,34H,1,6-10,13,18,22H2,2-4H3/t23-,28-/m0/s1. The van der Waals surface area contributed by atoms with E-state index in [9.17, 15) is 14.4 Å². The van der Waals surface area contributed by atoms with E-state index in [-0.39, 0.29) is 18.0 Å². The number of halogens is 1. The first-order valence-electron chi connectivity index (χ1n) is 12.6. The molecule has 2 atom stereocenters. The number of rotatable bonds is 13. The minimum atomic E-state index is -0.476. The van der Waals surface area contributed by atoms with Gasteiger partial charge in [0, 0.05) is 31.2 Å². The molecule has 2 aromatic carbocycles. The Kier molecular flexibility index (Phi) is 12.0. The molecule has 0 radical (unpaired) electrons. The largest absolute Gasteiger partial charge is 0.301 e. The Labute approximate surface area is 210 Å². The molecule has 0 unspecified atom stereocenters. The fourth-order valence-corrected chi connectivity index (χ4v) is 3.88. The molecule has 35 heavy (non-hydrogen) atoms. The fraction of sp³-hybridized carbons (Fsp3) is 0.419. The molecule has 0 aliphatic heterocycles. The maximum Gasteiger partial charge on any atom is 0.162 e. The summed E-state index contributed by atoms with van der Waals surface area (Å²) in [7, 11) is 0. The lowest BCUT2D eigenvalue weighted by molar-refractivity contribution is 0.0987. The number of hydrogen-bond acceptors (Lipinski definition) is 3. The molecular weight excluding hydrogens is 435 g/mol. The first-order chi connectivity index (χ1) is 16.9. The molecule has 0 spiro atoms. The Hall–Kier alpha value is -3.21. The van der Waals surface area contributed by atoms with Crippen LogP contribution < -0.4 is 5.32 Å². The highest BCUT2D eigenvalue weighted by Gasteiger charge is 2.15. The fourth-order valence-electron chi connectivity index (χ4n) is 3.88. The highest BCUT2D eigenvalue weighted by Crippen LogP contribution is 2.26. The van der Waals surface area contributed by atoms with Crippen molar-refractivity contribution in [1.29, 1.82) is 5.26 Å². The van der Waals surface area contributed by atoms with Gasteiger partial charge in [0.2, 0.25) is 0 Å². The summed E-state index contributed by atoms with van der Waals surface area (Å²) < 4.78 is 15.0. The van der Waals surface area contributed by atoms with Crippen LogP contribution in [0.1, 0.15) is 74.4 Å². The van der Waals surface area contributed by atoms with Crippen molar-refractivity contribution in [2.75, 3.05) is 6.54 Å². The topological polar surface area (TPSA) is 52.9 Å². The molecule has 0 heterocycles. The van der Waals surface area contributed by atoms with Crippen molar-refractivity contribution < 1.29 is 9.18 Å². The zero-order chi connectivity index (χ0) is 25.6. The van der Waals surface area contributed by atoms with Crippen molar-refractivity contribution in [2.45, 2.75) is 71.8 Å². The van der Waals surface area contributed by atoms with Crippen LogP contribution >= 0.6 is 0 Å². The zero-order valence-electron chi connectivity index (χ0n) is 21.3. The van der Waals surface area contributed by atoms with Gasteiger partial charge in [-0.25, -0.2) is 4.39 Å². The quantitative estimate of drug-likeness (QED) is 0.147. The number of Topliss-reactive ketones (excluding diaryl/α,β-unsaturated/α-hetero) is 1. The second-order valence-electron chi connectivity index (χ2n) is 8.95. The third-order valence-corrected chi connectivity index (χ3v) is 6.08. The molecule has 0 saturated heterocycles. The average Bonchev–Trinajstić information content (AvgIpc) is 2.88. The highest BCUT2D eigenvalue weighted by atomic mass is 19.1. The second kappa shape index (κ2) is 14.9. The minimum absolute atomic E-state index is 0.0941. The van der Waals surface area contributed by atoms with Crippen molar-refractivity contribution >= 4 is 5.78 Å². The summed E-state index contributed by atoms with van der Waals surface area (Å²) in [6.07, 6.45) is 7.07. The van der Waals surface area contributed by atoms with E-state index >= 15 is 0 Å². The van der Waals surface area contributed by atoms with Gasteiger partial charge in [0.15, 0.2) is 5.78 Å². The summed E-state index contributed by atoms with van der Waals surface area (Å²) >= 11 is 0. The molecule has 0 amide bonds. The molecule has 2 rings (SSSR count). The molecule has 0 bridgehead atoms. The number of unbranched alkanes of at least 4 members (excludes halogenated alkanes) is 2. The van der Waals surface area contributed by atoms with Crippen LogP contribution in [0.4, 0.5) is 4.39 Å². The van der Waals surface area contributed by atoms with E-state index in [1.807, 2.05) is 44.2 Å². The normalized spacial score (nSPS) is 12.2. The van der Waals surface area contributed by atoms with Gasteiger partial charge in [0.25, 0.3) is 0 Å². The molecule has 0 saturated carbocycles. The Bertz CT molecular complexity index is 1100. The van der Waals surface area contributed by atoms with Crippen molar-refractivity contribution in [3.63, 3.8) is 0 Å². The van der Waals surface area contributed by atoms with Gasteiger partial charge >= 0.3 is 0 Å². The molecule has 2 aromatic rings. The van der Waals surface area contributed by atoms with Gasteiger partial charge in [-0.1, -0.05) is 51.1 Å². The van der Waals surface area contributed by atoms with Crippen molar-refractivity contribution in [1.82, 2.24) is 5.32 Å². The van der Waals surface area contributed by atoms with Gasteiger partial charge in [0.05, 0.1) is 12.1 Å². The van der Waals surface area contributed by atoms with E-state index < -0.39 is 6.04 Å². The SMILES string of the molecule is C=CCCCC#CC[C@H](C)CN[C@H](C#N)Cc1ccc(-c2ccc(CC)c(C(=O)CC)c2)cc1F. The molecule has 0 aromatic heterocycles. The first-order valence-corrected chi connectivity index (χ1v) is 12.6. The molecule has 184 valence electrons. The predicted molar refractivity (Wildman–Crippen MR) is 143 cm³/mol. The number of aryl methyl sites for hydroxylation is 1. The number of nitrogens with zero attached hydrogens (tertiary/aromatic N) is 1. The maximum absolute atomic E-state index is 15.0. The average molecular weight is 473 g/mol. The molecule has 0 fully saturated rings. The van der Waals surface area contributed by atoms with Gasteiger partial charge < -0.3 is 5.32 Å². The lowest BCUT2D eigenvalue weighted by Crippen LogP contribution is -2.33. The van der Waals surface area contributed by atoms with Crippen LogP contribution in [0.15, 0.2) is 49.1 Å². The Balaban J connectivity index is 2.01. The van der Waals surface area contributed by atoms with Gasteiger partial charge in [-0.05, 0) is 66.1 Å². The van der Waals surface area contributed by atoms with E-state index in [0.717, 1.165) is 48.8 Å². The third-order valence-electron chi connectivity index (χ3n) is 6.08. The van der Waals surface area contributed by atoms with Crippen LogP contribution in [-0.2, 0) is 12.8 Å². The Morgan fingerprint density at radius 3 is 2.49 bits per heavy atom. The number of nitriles is 1. The summed E-state index contributed by atoms with van der Waals surface area (Å²) in [4.78, 5) is 12.4. The van der Waals surface area contributed by atoms with Crippen molar-refractivity contribution in [2.24, 2.45) is 5.92 Å². The number of nitrogens with one attached hydrogen (secondary N) is 1. The number of hydrogen-bond donors (Lipinski definition) is 1. The molecule has 3 nitrogen and oxygen atoms in total. The third kappa shape index (κ3) is 8.82. The molecule has 0 aliphatic carbocycles. The van der Waals surface area contributed by atoms with Crippen LogP contribution in [0.5, 0.6) is 0 Å². The summed E-state index contributed by atoms with van der Waals surface area (Å²) in [5, 5.41) is 12.8. The summed E-state index contributed by atoms with van der Waals surface area (Å²) in [5.41, 5.74) is 3.76. The van der Waals surface area contributed by atoms with E-state index in [1.54, 1.807) is 6.07 Å². The van der Waals surface area contributed by atoms with Crippen molar-refractivity contribution in [3.05, 3.63) is 71.6 Å². The summed E-state index contributed by atoms with van der Waals surface area (Å²) in [6.45, 7) is 10.3. The molecule has 1 N–H and O–H groups in total. The molecule has 0 aliphatic rings. The van der Waals surface area contributed by atoms with Crippen LogP contribution in [0.25, 0.3) is 11.1 Å². The van der Waals surface area contributed by atoms with Gasteiger partial charge in [-0.3, -0.25) is 4.79 Å². The number of benzene rings is 2. The molecular formula is C31H37FN2O. The lowest BCUT2D eigenvalue weighted by Gasteiger charge is -2.16. The summed E-state index contributed by atoms with van der Waals surface area (Å²) in [5.74, 6) is 6.43. The smallest absolute Gasteiger partial charge is 0.162 e. The van der Waals surface area contributed by atoms with E-state index in [4.69, 9.17) is 0 Å². The monoisotopic (exact) mass is 472 g/mol. The van der Waals surface area contributed by atoms with E-state index in [0.29, 0.717) is 30.0 Å². The summed E-state index contributed by atoms with van der Waals surface area (Å²) in [6, 6.07) is 12.6. The first kappa shape index (κ1) is 28.0. The molecule has 4 heteroatoms. The number of allylic oxidation sites excluding steroid dienone is 1. The van der Waals surface area contributed by atoms with E-state index in [2.05, 4.69) is 36.7 Å². The maximum atomic E-state index is 15.0.